The van der Waals surface area contributed by atoms with Gasteiger partial charge in [0.1, 0.15) is 0 Å². The Hall–Kier alpha value is -0.510. The van der Waals surface area contributed by atoms with Crippen LogP contribution in [-0.4, -0.2) is 42.4 Å². The van der Waals surface area contributed by atoms with Crippen LogP contribution >= 0.6 is 11.8 Å². The molecule has 2 unspecified atom stereocenters. The third-order valence-corrected chi connectivity index (χ3v) is 5.78. The zero-order chi connectivity index (χ0) is 13.8. The Morgan fingerprint density at radius 3 is 2.55 bits per heavy atom. The Morgan fingerprint density at radius 2 is 1.85 bits per heavy atom. The molecule has 2 nitrogen and oxygen atoms in total. The van der Waals surface area contributed by atoms with Gasteiger partial charge in [-0.05, 0) is 38.3 Å². The molecule has 2 bridgehead atoms. The molecule has 0 amide bonds. The minimum Gasteiger partial charge on any atom is -0.311 e. The number of nitrogens with zero attached hydrogens (tertiary/aromatic N) is 1. The van der Waals surface area contributed by atoms with Crippen LogP contribution in [0.15, 0.2) is 30.3 Å². The Labute approximate surface area is 127 Å². The fourth-order valence-electron chi connectivity index (χ4n) is 3.54. The Kier molecular flexibility index (Phi) is 5.03. The van der Waals surface area contributed by atoms with Gasteiger partial charge in [0.25, 0.3) is 0 Å². The number of fused-ring (bicyclic) bond motifs is 2. The number of nitrogens with one attached hydrogen (secondary N) is 1. The molecule has 0 saturated carbocycles. The van der Waals surface area contributed by atoms with Crippen molar-refractivity contribution in [1.82, 2.24) is 10.2 Å². The second kappa shape index (κ2) is 6.97. The van der Waals surface area contributed by atoms with Crippen LogP contribution in [0.1, 0.15) is 31.2 Å². The van der Waals surface area contributed by atoms with Crippen molar-refractivity contribution in [3.05, 3.63) is 35.9 Å². The molecule has 0 radical (unpaired) electrons. The van der Waals surface area contributed by atoms with Crippen molar-refractivity contribution in [1.29, 1.82) is 0 Å². The molecule has 2 aliphatic heterocycles. The van der Waals surface area contributed by atoms with E-state index in [2.05, 4.69) is 59.4 Å². The molecule has 0 spiro atoms. The molecule has 3 heteroatoms. The van der Waals surface area contributed by atoms with Gasteiger partial charge in [-0.1, -0.05) is 30.3 Å². The molecule has 3 rings (SSSR count). The molecule has 2 fully saturated rings. The smallest absolute Gasteiger partial charge is 0.0185 e. The van der Waals surface area contributed by atoms with Gasteiger partial charge in [0.05, 0.1) is 0 Å². The van der Waals surface area contributed by atoms with Crippen LogP contribution in [0.25, 0.3) is 0 Å². The van der Waals surface area contributed by atoms with E-state index in [-0.39, 0.29) is 0 Å². The minimum absolute atomic E-state index is 0.804. The fraction of sp³-hybridized carbons (Fsp3) is 0.647. The molecule has 1 aromatic carbocycles. The van der Waals surface area contributed by atoms with Gasteiger partial charge >= 0.3 is 0 Å². The quantitative estimate of drug-likeness (QED) is 0.810. The molecular formula is C17H26N2S. The molecule has 1 aromatic rings. The van der Waals surface area contributed by atoms with Crippen LogP contribution in [0.5, 0.6) is 0 Å². The van der Waals surface area contributed by atoms with E-state index in [0.717, 1.165) is 23.9 Å². The van der Waals surface area contributed by atoms with Gasteiger partial charge in [-0.25, -0.2) is 0 Å². The maximum atomic E-state index is 3.73. The van der Waals surface area contributed by atoms with E-state index in [1.165, 1.54) is 43.5 Å². The van der Waals surface area contributed by atoms with Gasteiger partial charge in [-0.15, -0.1) is 0 Å². The summed E-state index contributed by atoms with van der Waals surface area (Å²) in [5.74, 6) is 2.39. The molecular weight excluding hydrogens is 264 g/mol. The molecule has 2 heterocycles. The van der Waals surface area contributed by atoms with E-state index >= 15 is 0 Å². The number of benzene rings is 1. The molecule has 2 saturated heterocycles. The summed E-state index contributed by atoms with van der Waals surface area (Å²) < 4.78 is 0. The van der Waals surface area contributed by atoms with E-state index < -0.39 is 0 Å². The third-order valence-electron chi connectivity index (χ3n) is 4.77. The number of hydrogen-bond donors (Lipinski definition) is 1. The summed E-state index contributed by atoms with van der Waals surface area (Å²) in [6.45, 7) is 1.22. The van der Waals surface area contributed by atoms with Crippen LogP contribution in [0.2, 0.25) is 0 Å². The lowest BCUT2D eigenvalue weighted by molar-refractivity contribution is 0.181. The molecule has 2 aliphatic rings. The normalized spacial score (nSPS) is 29.0. The zero-order valence-corrected chi connectivity index (χ0v) is 13.2. The first-order chi connectivity index (χ1) is 9.81. The van der Waals surface area contributed by atoms with Crippen molar-refractivity contribution in [2.75, 3.05) is 19.3 Å². The summed E-state index contributed by atoms with van der Waals surface area (Å²) >= 11 is 2.06. The first kappa shape index (κ1) is 14.4. The van der Waals surface area contributed by atoms with E-state index in [9.17, 15) is 0 Å². The molecule has 110 valence electrons. The zero-order valence-electron chi connectivity index (χ0n) is 12.4. The van der Waals surface area contributed by atoms with Gasteiger partial charge < -0.3 is 10.2 Å². The number of thioether (sulfide) groups is 1. The Morgan fingerprint density at radius 1 is 1.15 bits per heavy atom. The first-order valence-electron chi connectivity index (χ1n) is 7.89. The topological polar surface area (TPSA) is 15.3 Å². The van der Waals surface area contributed by atoms with Gasteiger partial charge in [-0.2, -0.15) is 11.8 Å². The van der Waals surface area contributed by atoms with Crippen molar-refractivity contribution < 1.29 is 0 Å². The summed E-state index contributed by atoms with van der Waals surface area (Å²) in [5.41, 5.74) is 1.44. The van der Waals surface area contributed by atoms with E-state index in [4.69, 9.17) is 0 Å². The second-order valence-corrected chi connectivity index (χ2v) is 7.39. The highest BCUT2D eigenvalue weighted by molar-refractivity contribution is 7.98. The lowest BCUT2D eigenvalue weighted by Crippen LogP contribution is -2.47. The van der Waals surface area contributed by atoms with Crippen molar-refractivity contribution in [2.45, 2.75) is 49.6 Å². The predicted octanol–water partition coefficient (Wildman–Crippen LogP) is 3.13. The third kappa shape index (κ3) is 3.78. The number of hydrogen-bond acceptors (Lipinski definition) is 3. The summed E-state index contributed by atoms with van der Waals surface area (Å²) in [4.78, 5) is 2.60. The SMILES string of the molecule is CN(CCSCc1ccccc1)C1CC2CCC(C1)N2. The predicted molar refractivity (Wildman–Crippen MR) is 88.2 cm³/mol. The average Bonchev–Trinajstić information content (AvgIpc) is 2.83. The maximum Gasteiger partial charge on any atom is 0.0185 e. The fourth-order valence-corrected chi connectivity index (χ4v) is 4.53. The van der Waals surface area contributed by atoms with Crippen molar-refractivity contribution in [3.63, 3.8) is 0 Å². The maximum absolute atomic E-state index is 3.73. The highest BCUT2D eigenvalue weighted by atomic mass is 32.2. The molecule has 2 atom stereocenters. The second-order valence-electron chi connectivity index (χ2n) is 6.28. The molecule has 0 aromatic heterocycles. The largest absolute Gasteiger partial charge is 0.311 e. The van der Waals surface area contributed by atoms with E-state index in [1.807, 2.05) is 0 Å². The standard InChI is InChI=1S/C17H26N2S/c1-19(17-11-15-7-8-16(12-17)18-15)9-10-20-13-14-5-3-2-4-6-14/h2-6,15-18H,7-13H2,1H3. The summed E-state index contributed by atoms with van der Waals surface area (Å²) in [6.07, 6.45) is 5.52. The van der Waals surface area contributed by atoms with Gasteiger partial charge in [0.15, 0.2) is 0 Å². The number of rotatable bonds is 6. The van der Waals surface area contributed by atoms with E-state index in [0.29, 0.717) is 0 Å². The van der Waals surface area contributed by atoms with Crippen LogP contribution in [-0.2, 0) is 5.75 Å². The highest BCUT2D eigenvalue weighted by Crippen LogP contribution is 2.29. The minimum atomic E-state index is 0.804. The number of piperidine rings is 1. The van der Waals surface area contributed by atoms with Crippen LogP contribution in [0.4, 0.5) is 0 Å². The van der Waals surface area contributed by atoms with Crippen molar-refractivity contribution in [3.8, 4) is 0 Å². The van der Waals surface area contributed by atoms with Gasteiger partial charge in [0, 0.05) is 36.2 Å². The van der Waals surface area contributed by atoms with Crippen LogP contribution in [0, 0.1) is 0 Å². The first-order valence-corrected chi connectivity index (χ1v) is 9.04. The Bertz CT molecular complexity index is 397. The van der Waals surface area contributed by atoms with Gasteiger partial charge in [0.2, 0.25) is 0 Å². The summed E-state index contributed by atoms with van der Waals surface area (Å²) in [5, 5.41) is 3.73. The van der Waals surface area contributed by atoms with Crippen LogP contribution < -0.4 is 5.32 Å². The van der Waals surface area contributed by atoms with Crippen LogP contribution in [0.3, 0.4) is 0 Å². The Balaban J connectivity index is 1.36. The average molecular weight is 290 g/mol. The van der Waals surface area contributed by atoms with Crippen molar-refractivity contribution in [2.24, 2.45) is 0 Å². The lowest BCUT2D eigenvalue weighted by Gasteiger charge is -2.35. The monoisotopic (exact) mass is 290 g/mol. The van der Waals surface area contributed by atoms with Crippen molar-refractivity contribution >= 4 is 11.8 Å². The van der Waals surface area contributed by atoms with E-state index in [1.54, 1.807) is 0 Å². The summed E-state index contributed by atoms with van der Waals surface area (Å²) in [7, 11) is 2.32. The summed E-state index contributed by atoms with van der Waals surface area (Å²) in [6, 6.07) is 13.2. The van der Waals surface area contributed by atoms with Gasteiger partial charge in [-0.3, -0.25) is 0 Å². The lowest BCUT2D eigenvalue weighted by atomic mass is 9.99. The molecule has 0 aliphatic carbocycles. The molecule has 20 heavy (non-hydrogen) atoms. The molecule has 1 N–H and O–H groups in total. The highest BCUT2D eigenvalue weighted by Gasteiger charge is 2.34.